The zero-order valence-corrected chi connectivity index (χ0v) is 10.7. The number of ether oxygens (including phenoxy) is 1. The number of hydrogen-bond donors (Lipinski definition) is 0. The van der Waals surface area contributed by atoms with Gasteiger partial charge < -0.3 is 4.74 Å². The molecule has 0 atom stereocenters. The summed E-state index contributed by atoms with van der Waals surface area (Å²) in [5, 5.41) is 0. The van der Waals surface area contributed by atoms with Crippen LogP contribution in [0.1, 0.15) is 0 Å². The van der Waals surface area contributed by atoms with Crippen molar-refractivity contribution in [2.75, 3.05) is 7.11 Å². The summed E-state index contributed by atoms with van der Waals surface area (Å²) in [5.74, 6) is 0.126. The first-order chi connectivity index (χ1) is 5.33. The minimum absolute atomic E-state index is 0.300. The molecule has 0 radical (unpaired) electrons. The van der Waals surface area contributed by atoms with E-state index >= 15 is 0 Å². The van der Waals surface area contributed by atoms with Gasteiger partial charge in [-0.1, -0.05) is 6.07 Å². The molecule has 11 heavy (non-hydrogen) atoms. The molecule has 0 amide bonds. The molecule has 0 bridgehead atoms. The van der Waals surface area contributed by atoms with Crippen molar-refractivity contribution in [2.45, 2.75) is 0 Å². The Balaban J connectivity index is 0.000000461. The molecule has 0 aliphatic heterocycles. The molecule has 0 spiro atoms. The number of rotatable bonds is 1. The van der Waals surface area contributed by atoms with Gasteiger partial charge in [0.25, 0.3) is 0 Å². The standard InChI is InChI=1S/C7H6FO.BrH.Zn/c1-9-7-4-2-3-6(8)5-7;;/h2-3,5H,1H3;1H;/q-1;;+2/p-1. The van der Waals surface area contributed by atoms with Crippen LogP contribution in [0, 0.1) is 11.9 Å². The number of benzene rings is 1. The van der Waals surface area contributed by atoms with Gasteiger partial charge in [-0.05, 0) is 0 Å². The Kier molecular flexibility index (Phi) is 6.78. The van der Waals surface area contributed by atoms with E-state index < -0.39 is 0 Å². The topological polar surface area (TPSA) is 9.23 Å². The zero-order valence-electron chi connectivity index (χ0n) is 6.10. The fourth-order valence-electron chi connectivity index (χ4n) is 0.536. The van der Waals surface area contributed by atoms with Gasteiger partial charge in [0.15, 0.2) is 0 Å². The van der Waals surface area contributed by atoms with Crippen molar-refractivity contribution in [2.24, 2.45) is 0 Å². The summed E-state index contributed by atoms with van der Waals surface area (Å²) in [6.45, 7) is 0. The van der Waals surface area contributed by atoms with E-state index in [4.69, 9.17) is 4.74 Å². The van der Waals surface area contributed by atoms with Crippen LogP contribution in [0.15, 0.2) is 18.2 Å². The molecule has 0 heterocycles. The first kappa shape index (κ1) is 11.1. The fraction of sp³-hybridized carbons (Fsp3) is 0.143. The molecule has 0 unspecified atom stereocenters. The maximum atomic E-state index is 12.3. The van der Waals surface area contributed by atoms with Crippen LogP contribution < -0.4 is 4.74 Å². The second-order valence-corrected chi connectivity index (χ2v) is 1.58. The van der Waals surface area contributed by atoms with E-state index in [0.29, 0.717) is 5.75 Å². The molecular weight excluding hydrogens is 264 g/mol. The quantitative estimate of drug-likeness (QED) is 0.563. The van der Waals surface area contributed by atoms with Crippen molar-refractivity contribution >= 4 is 13.6 Å². The Morgan fingerprint density at radius 2 is 2.27 bits per heavy atom. The van der Waals surface area contributed by atoms with Gasteiger partial charge in [0.2, 0.25) is 0 Å². The van der Waals surface area contributed by atoms with Crippen molar-refractivity contribution in [1.29, 1.82) is 0 Å². The predicted octanol–water partition coefficient (Wildman–Crippen LogP) is 2.48. The molecule has 0 saturated carbocycles. The molecule has 1 aromatic rings. The Hall–Kier alpha value is 0.0534. The molecule has 56 valence electrons. The van der Waals surface area contributed by atoms with Gasteiger partial charge in [-0.15, -0.1) is 12.1 Å². The van der Waals surface area contributed by atoms with Gasteiger partial charge in [-0.25, -0.2) is 4.39 Å². The molecule has 0 aliphatic carbocycles. The molecule has 1 nitrogen and oxygen atoms in total. The SMILES string of the molecule is COc1[c-]ccc(F)c1.[Zn+][Br]. The predicted molar refractivity (Wildman–Crippen MR) is 40.7 cm³/mol. The molecule has 0 aromatic heterocycles. The third-order valence-electron chi connectivity index (χ3n) is 0.957. The Morgan fingerprint density at radius 1 is 1.64 bits per heavy atom. The van der Waals surface area contributed by atoms with Crippen LogP contribution in [-0.2, 0) is 16.3 Å². The van der Waals surface area contributed by atoms with E-state index in [1.54, 1.807) is 0 Å². The molecule has 0 N–H and O–H groups in total. The summed E-state index contributed by atoms with van der Waals surface area (Å²) in [5.41, 5.74) is 0. The first-order valence-electron chi connectivity index (χ1n) is 2.81. The van der Waals surface area contributed by atoms with Crippen LogP contribution in [-0.4, -0.2) is 7.11 Å². The maximum absolute atomic E-state index is 12.3. The van der Waals surface area contributed by atoms with Gasteiger partial charge in [0.1, 0.15) is 0 Å². The molecule has 1 rings (SSSR count). The Morgan fingerprint density at radius 3 is 2.64 bits per heavy atom. The van der Waals surface area contributed by atoms with Crippen molar-refractivity contribution < 1.29 is 25.5 Å². The third-order valence-corrected chi connectivity index (χ3v) is 0.957. The van der Waals surface area contributed by atoms with Crippen LogP contribution in [0.2, 0.25) is 0 Å². The molecule has 0 fully saturated rings. The molecule has 0 saturated heterocycles. The number of halogens is 2. The van der Waals surface area contributed by atoms with E-state index in [1.807, 2.05) is 0 Å². The third kappa shape index (κ3) is 4.49. The Bertz CT molecular complexity index is 207. The van der Waals surface area contributed by atoms with Crippen LogP contribution in [0.5, 0.6) is 5.75 Å². The van der Waals surface area contributed by atoms with E-state index in [-0.39, 0.29) is 5.82 Å². The van der Waals surface area contributed by atoms with Gasteiger partial charge >= 0.3 is 30.0 Å². The summed E-state index contributed by atoms with van der Waals surface area (Å²) in [4.78, 5) is 0. The zero-order chi connectivity index (χ0) is 8.69. The summed E-state index contributed by atoms with van der Waals surface area (Å²) in [6.07, 6.45) is 0. The second-order valence-electron chi connectivity index (χ2n) is 1.58. The van der Waals surface area contributed by atoms with E-state index in [9.17, 15) is 4.39 Å². The first-order valence-corrected chi connectivity index (χ1v) is 9.76. The molecule has 4 heteroatoms. The number of hydrogen-bond acceptors (Lipinski definition) is 1. The minimum atomic E-state index is -0.300. The summed E-state index contributed by atoms with van der Waals surface area (Å²) < 4.78 is 17.0. The van der Waals surface area contributed by atoms with E-state index in [1.165, 1.54) is 41.7 Å². The van der Waals surface area contributed by atoms with Gasteiger partial charge in [-0.2, -0.15) is 6.07 Å². The van der Waals surface area contributed by atoms with Crippen LogP contribution in [0.25, 0.3) is 0 Å². The normalized spacial score (nSPS) is 8.09. The van der Waals surface area contributed by atoms with Crippen LogP contribution in [0.3, 0.4) is 0 Å². The van der Waals surface area contributed by atoms with Gasteiger partial charge in [-0.3, -0.25) is 0 Å². The molecule has 1 aromatic carbocycles. The fourth-order valence-corrected chi connectivity index (χ4v) is 0.536. The average molecular weight is 270 g/mol. The number of methoxy groups -OCH3 is 1. The van der Waals surface area contributed by atoms with Crippen LogP contribution in [0.4, 0.5) is 4.39 Å². The molecule has 0 aliphatic rings. The monoisotopic (exact) mass is 268 g/mol. The Labute approximate surface area is 82.0 Å². The summed E-state index contributed by atoms with van der Waals surface area (Å²) >= 11 is 4.25. The van der Waals surface area contributed by atoms with Gasteiger partial charge in [0, 0.05) is 11.6 Å². The molecular formula is C7H6BrFOZn. The van der Waals surface area contributed by atoms with Crippen molar-refractivity contribution in [3.05, 3.63) is 30.1 Å². The van der Waals surface area contributed by atoms with Crippen molar-refractivity contribution in [3.8, 4) is 5.75 Å². The van der Waals surface area contributed by atoms with Crippen molar-refractivity contribution in [3.63, 3.8) is 0 Å². The average Bonchev–Trinajstić information content (AvgIpc) is 2.08. The van der Waals surface area contributed by atoms with Gasteiger partial charge in [0.05, 0.1) is 7.11 Å². The summed E-state index contributed by atoms with van der Waals surface area (Å²) in [7, 11) is 1.48. The van der Waals surface area contributed by atoms with Crippen molar-refractivity contribution in [1.82, 2.24) is 0 Å². The van der Waals surface area contributed by atoms with Crippen LogP contribution >= 0.6 is 13.6 Å². The van der Waals surface area contributed by atoms with E-state index in [0.717, 1.165) is 0 Å². The second kappa shape index (κ2) is 6.74. The summed E-state index contributed by atoms with van der Waals surface area (Å²) in [6, 6.07) is 6.78. The van der Waals surface area contributed by atoms with E-state index in [2.05, 4.69) is 19.7 Å².